The molecular weight excluding hydrogens is 276 g/mol. The minimum absolute atomic E-state index is 0.728. The maximum Gasteiger partial charge on any atom is 0.133 e. The van der Waals surface area contributed by atoms with E-state index in [0.29, 0.717) is 0 Å². The highest BCUT2D eigenvalue weighted by Gasteiger charge is 2.12. The van der Waals surface area contributed by atoms with Gasteiger partial charge in [0.2, 0.25) is 0 Å². The topological polar surface area (TPSA) is 24.4 Å². The van der Waals surface area contributed by atoms with Gasteiger partial charge in [-0.05, 0) is 23.8 Å². The summed E-state index contributed by atoms with van der Waals surface area (Å²) >= 11 is 3.47. The second kappa shape index (κ2) is 4.34. The molecule has 2 aromatic rings. The van der Waals surface area contributed by atoms with E-state index in [1.807, 2.05) is 24.3 Å². The number of rotatable bonds is 1. The average molecular weight is 287 g/mol. The van der Waals surface area contributed by atoms with Crippen molar-refractivity contribution in [2.75, 3.05) is 5.32 Å². The van der Waals surface area contributed by atoms with Crippen LogP contribution in [0.25, 0.3) is 0 Å². The van der Waals surface area contributed by atoms with Gasteiger partial charge in [-0.25, -0.2) is 0 Å². The van der Waals surface area contributed by atoms with Gasteiger partial charge in [0.1, 0.15) is 5.84 Å². The monoisotopic (exact) mass is 286 g/mol. The van der Waals surface area contributed by atoms with E-state index in [-0.39, 0.29) is 0 Å². The number of fused-ring (bicyclic) bond motifs is 1. The van der Waals surface area contributed by atoms with Gasteiger partial charge in [0.15, 0.2) is 0 Å². The standard InChI is InChI=1S/C14H11BrN2/c15-12-6-7-13-11(8-12)9-16-14(17-13)10-4-2-1-3-5-10/h1-8H,9H2,(H,16,17). The highest BCUT2D eigenvalue weighted by molar-refractivity contribution is 9.10. The van der Waals surface area contributed by atoms with Gasteiger partial charge in [-0.15, -0.1) is 0 Å². The Bertz CT molecular complexity index is 576. The molecule has 0 aromatic heterocycles. The molecular formula is C14H11BrN2. The Morgan fingerprint density at radius 2 is 1.88 bits per heavy atom. The predicted octanol–water partition coefficient (Wildman–Crippen LogP) is 3.82. The van der Waals surface area contributed by atoms with Gasteiger partial charge in [-0.2, -0.15) is 0 Å². The van der Waals surface area contributed by atoms with Gasteiger partial charge in [0, 0.05) is 15.7 Å². The van der Waals surface area contributed by atoms with E-state index in [0.717, 1.165) is 28.1 Å². The van der Waals surface area contributed by atoms with E-state index in [1.54, 1.807) is 0 Å². The Morgan fingerprint density at radius 1 is 1.06 bits per heavy atom. The van der Waals surface area contributed by atoms with Gasteiger partial charge in [0.05, 0.1) is 6.54 Å². The van der Waals surface area contributed by atoms with Crippen LogP contribution in [0.4, 0.5) is 5.69 Å². The molecule has 84 valence electrons. The molecule has 1 N–H and O–H groups in total. The second-order valence-corrected chi connectivity index (χ2v) is 4.87. The number of nitrogens with one attached hydrogen (secondary N) is 1. The quantitative estimate of drug-likeness (QED) is 0.847. The molecule has 3 rings (SSSR count). The molecule has 0 atom stereocenters. The largest absolute Gasteiger partial charge is 0.340 e. The number of nitrogens with zero attached hydrogens (tertiary/aromatic N) is 1. The average Bonchev–Trinajstić information content (AvgIpc) is 2.39. The van der Waals surface area contributed by atoms with Gasteiger partial charge in [-0.1, -0.05) is 46.3 Å². The molecule has 0 saturated carbocycles. The van der Waals surface area contributed by atoms with Crippen LogP contribution in [0.5, 0.6) is 0 Å². The second-order valence-electron chi connectivity index (χ2n) is 3.96. The van der Waals surface area contributed by atoms with Crippen LogP contribution in [-0.4, -0.2) is 5.84 Å². The summed E-state index contributed by atoms with van der Waals surface area (Å²) in [7, 11) is 0. The van der Waals surface area contributed by atoms with Crippen LogP contribution >= 0.6 is 15.9 Å². The predicted molar refractivity (Wildman–Crippen MR) is 74.4 cm³/mol. The third-order valence-corrected chi connectivity index (χ3v) is 3.27. The number of hydrogen-bond acceptors (Lipinski definition) is 2. The lowest BCUT2D eigenvalue weighted by Crippen LogP contribution is -2.18. The number of benzene rings is 2. The van der Waals surface area contributed by atoms with Crippen LogP contribution in [0.2, 0.25) is 0 Å². The molecule has 2 aromatic carbocycles. The first-order chi connectivity index (χ1) is 8.33. The van der Waals surface area contributed by atoms with E-state index < -0.39 is 0 Å². The lowest BCUT2D eigenvalue weighted by molar-refractivity contribution is 1.05. The SMILES string of the molecule is Brc1ccc2c(c1)CN=C(c1ccccc1)N2. The molecule has 0 fully saturated rings. The van der Waals surface area contributed by atoms with Crippen molar-refractivity contribution < 1.29 is 0 Å². The summed E-state index contributed by atoms with van der Waals surface area (Å²) in [5, 5.41) is 3.37. The van der Waals surface area contributed by atoms with Crippen molar-refractivity contribution in [1.29, 1.82) is 0 Å². The number of amidine groups is 1. The highest BCUT2D eigenvalue weighted by atomic mass is 79.9. The molecule has 17 heavy (non-hydrogen) atoms. The molecule has 0 saturated heterocycles. The van der Waals surface area contributed by atoms with Crippen LogP contribution < -0.4 is 5.32 Å². The fourth-order valence-electron chi connectivity index (χ4n) is 1.91. The Hall–Kier alpha value is -1.61. The van der Waals surface area contributed by atoms with Crippen molar-refractivity contribution >= 4 is 27.5 Å². The summed E-state index contributed by atoms with van der Waals surface area (Å²) in [5.41, 5.74) is 3.49. The van der Waals surface area contributed by atoms with E-state index in [1.165, 1.54) is 5.56 Å². The van der Waals surface area contributed by atoms with Crippen LogP contribution in [0.1, 0.15) is 11.1 Å². The maximum atomic E-state index is 4.57. The smallest absolute Gasteiger partial charge is 0.133 e. The molecule has 1 aliphatic rings. The normalized spacial score (nSPS) is 13.6. The minimum Gasteiger partial charge on any atom is -0.340 e. The third kappa shape index (κ3) is 2.11. The molecule has 1 heterocycles. The van der Waals surface area contributed by atoms with Crippen molar-refractivity contribution in [2.45, 2.75) is 6.54 Å². The summed E-state index contributed by atoms with van der Waals surface area (Å²) in [6.45, 7) is 0.728. The van der Waals surface area contributed by atoms with Crippen molar-refractivity contribution in [1.82, 2.24) is 0 Å². The van der Waals surface area contributed by atoms with Gasteiger partial charge in [-0.3, -0.25) is 4.99 Å². The molecule has 0 spiro atoms. The van der Waals surface area contributed by atoms with Crippen LogP contribution in [0, 0.1) is 0 Å². The fourth-order valence-corrected chi connectivity index (χ4v) is 2.31. The van der Waals surface area contributed by atoms with Gasteiger partial charge >= 0.3 is 0 Å². The zero-order valence-corrected chi connectivity index (χ0v) is 10.7. The number of anilines is 1. The first-order valence-corrected chi connectivity index (χ1v) is 6.27. The highest BCUT2D eigenvalue weighted by Crippen LogP contribution is 2.25. The molecule has 2 nitrogen and oxygen atoms in total. The van der Waals surface area contributed by atoms with Crippen molar-refractivity contribution in [3.8, 4) is 0 Å². The molecule has 0 bridgehead atoms. The Kier molecular flexibility index (Phi) is 2.69. The Labute approximate surface area is 109 Å². The summed E-state index contributed by atoms with van der Waals surface area (Å²) in [4.78, 5) is 4.57. The van der Waals surface area contributed by atoms with Gasteiger partial charge in [0.25, 0.3) is 0 Å². The summed E-state index contributed by atoms with van der Waals surface area (Å²) < 4.78 is 1.09. The molecule has 0 radical (unpaired) electrons. The number of halogens is 1. The fraction of sp³-hybridized carbons (Fsp3) is 0.0714. The molecule has 0 unspecified atom stereocenters. The number of hydrogen-bond donors (Lipinski definition) is 1. The first-order valence-electron chi connectivity index (χ1n) is 5.48. The van der Waals surface area contributed by atoms with Gasteiger partial charge < -0.3 is 5.32 Å². The van der Waals surface area contributed by atoms with Crippen LogP contribution in [0.3, 0.4) is 0 Å². The zero-order valence-electron chi connectivity index (χ0n) is 9.15. The number of aliphatic imine (C=N–C) groups is 1. The van der Waals surface area contributed by atoms with E-state index >= 15 is 0 Å². The van der Waals surface area contributed by atoms with E-state index in [4.69, 9.17) is 0 Å². The Morgan fingerprint density at radius 3 is 2.71 bits per heavy atom. The summed E-state index contributed by atoms with van der Waals surface area (Å²) in [6, 6.07) is 16.4. The molecule has 0 aliphatic carbocycles. The molecule has 1 aliphatic heterocycles. The minimum atomic E-state index is 0.728. The van der Waals surface area contributed by atoms with E-state index in [2.05, 4.69) is 50.5 Å². The lowest BCUT2D eigenvalue weighted by Gasteiger charge is -2.18. The lowest BCUT2D eigenvalue weighted by atomic mass is 10.1. The zero-order chi connectivity index (χ0) is 11.7. The third-order valence-electron chi connectivity index (χ3n) is 2.78. The van der Waals surface area contributed by atoms with Crippen molar-refractivity contribution in [2.24, 2.45) is 4.99 Å². The van der Waals surface area contributed by atoms with Crippen molar-refractivity contribution in [3.63, 3.8) is 0 Å². The van der Waals surface area contributed by atoms with Crippen LogP contribution in [-0.2, 0) is 6.54 Å². The first kappa shape index (κ1) is 10.5. The molecule has 3 heteroatoms. The molecule has 0 amide bonds. The van der Waals surface area contributed by atoms with E-state index in [9.17, 15) is 0 Å². The maximum absolute atomic E-state index is 4.57. The Balaban J connectivity index is 1.95. The van der Waals surface area contributed by atoms with Crippen LogP contribution in [0.15, 0.2) is 58.0 Å². The summed E-state index contributed by atoms with van der Waals surface area (Å²) in [5.74, 6) is 0.945. The summed E-state index contributed by atoms with van der Waals surface area (Å²) in [6.07, 6.45) is 0. The van der Waals surface area contributed by atoms with Crippen molar-refractivity contribution in [3.05, 3.63) is 64.1 Å².